The molecule has 1 heterocycles. The number of hydrogen-bond acceptors (Lipinski definition) is 4. The monoisotopic (exact) mass is 472 g/mol. The summed E-state index contributed by atoms with van der Waals surface area (Å²) in [7, 11) is 3.25. The summed E-state index contributed by atoms with van der Waals surface area (Å²) in [6.45, 7) is 5.75. The maximum absolute atomic E-state index is 12.5. The van der Waals surface area contributed by atoms with E-state index in [2.05, 4.69) is 35.6 Å². The predicted molar refractivity (Wildman–Crippen MR) is 139 cm³/mol. The number of methoxy groups -OCH3 is 2. The van der Waals surface area contributed by atoms with Crippen molar-refractivity contribution in [2.24, 2.45) is 0 Å². The zero-order valence-electron chi connectivity index (χ0n) is 20.7. The van der Waals surface area contributed by atoms with E-state index < -0.39 is 5.97 Å². The van der Waals surface area contributed by atoms with E-state index in [4.69, 9.17) is 9.47 Å². The molecule has 0 saturated heterocycles. The smallest absolute Gasteiger partial charge is 0.352 e. The van der Waals surface area contributed by atoms with Crippen molar-refractivity contribution < 1.29 is 19.4 Å². The molecule has 4 rings (SSSR count). The molecule has 0 aliphatic rings. The molecule has 0 saturated carbocycles. The summed E-state index contributed by atoms with van der Waals surface area (Å²) in [6, 6.07) is 20.3. The fourth-order valence-corrected chi connectivity index (χ4v) is 4.48. The third kappa shape index (κ3) is 5.33. The number of hydrogen-bond donors (Lipinski definition) is 2. The molecule has 4 aromatic rings. The molecule has 1 aromatic heterocycles. The van der Waals surface area contributed by atoms with Crippen LogP contribution in [0.3, 0.4) is 0 Å². The average molecular weight is 473 g/mol. The first-order chi connectivity index (χ1) is 16.9. The van der Waals surface area contributed by atoms with Crippen LogP contribution in [0.4, 0.5) is 0 Å². The van der Waals surface area contributed by atoms with Crippen LogP contribution in [0.5, 0.6) is 11.5 Å². The molecule has 0 unspecified atom stereocenters. The number of nitrogens with one attached hydrogen (secondary N) is 1. The largest absolute Gasteiger partial charge is 0.493 e. The van der Waals surface area contributed by atoms with Gasteiger partial charge in [0.1, 0.15) is 5.69 Å². The Labute approximate surface area is 206 Å². The number of carboxylic acids is 1. The average Bonchev–Trinajstić information content (AvgIpc) is 3.15. The molecule has 6 nitrogen and oxygen atoms in total. The van der Waals surface area contributed by atoms with Gasteiger partial charge in [-0.05, 0) is 61.7 Å². The summed E-state index contributed by atoms with van der Waals surface area (Å²) in [4.78, 5) is 12.5. The number of aromatic carboxylic acids is 1. The molecular weight excluding hydrogens is 440 g/mol. The fourth-order valence-electron chi connectivity index (χ4n) is 4.48. The van der Waals surface area contributed by atoms with Crippen molar-refractivity contribution >= 4 is 16.9 Å². The normalized spacial score (nSPS) is 11.1. The molecule has 35 heavy (non-hydrogen) atoms. The van der Waals surface area contributed by atoms with Crippen LogP contribution in [0, 0.1) is 13.8 Å². The number of rotatable bonds is 10. The second-order valence-electron chi connectivity index (χ2n) is 8.84. The van der Waals surface area contributed by atoms with Gasteiger partial charge in [-0.1, -0.05) is 48.0 Å². The van der Waals surface area contributed by atoms with Crippen LogP contribution >= 0.6 is 0 Å². The molecule has 0 aliphatic carbocycles. The Kier molecular flexibility index (Phi) is 7.42. The van der Waals surface area contributed by atoms with Crippen LogP contribution in [0.2, 0.25) is 0 Å². The molecule has 182 valence electrons. The molecule has 3 aromatic carbocycles. The van der Waals surface area contributed by atoms with Crippen molar-refractivity contribution in [2.75, 3.05) is 20.8 Å². The Morgan fingerprint density at radius 2 is 1.57 bits per heavy atom. The van der Waals surface area contributed by atoms with Crippen molar-refractivity contribution in [3.05, 3.63) is 94.2 Å². The van der Waals surface area contributed by atoms with E-state index in [1.54, 1.807) is 14.2 Å². The first kappa shape index (κ1) is 24.4. The molecule has 0 spiro atoms. The van der Waals surface area contributed by atoms with Crippen molar-refractivity contribution in [3.63, 3.8) is 0 Å². The van der Waals surface area contributed by atoms with E-state index in [0.29, 0.717) is 36.8 Å². The molecule has 0 aliphatic heterocycles. The molecule has 0 bridgehead atoms. The van der Waals surface area contributed by atoms with Gasteiger partial charge in [-0.3, -0.25) is 0 Å². The summed E-state index contributed by atoms with van der Waals surface area (Å²) >= 11 is 0. The Morgan fingerprint density at radius 3 is 2.26 bits per heavy atom. The van der Waals surface area contributed by atoms with Gasteiger partial charge < -0.3 is 24.5 Å². The van der Waals surface area contributed by atoms with E-state index in [1.807, 2.05) is 48.7 Å². The maximum Gasteiger partial charge on any atom is 0.352 e. The van der Waals surface area contributed by atoms with E-state index >= 15 is 0 Å². The molecular formula is C29H32N2O4. The fraction of sp³-hybridized carbons (Fsp3) is 0.276. The number of carboxylic acid groups (broad SMARTS) is 1. The number of aryl methyl sites for hydroxylation is 2. The number of carbonyl (C=O) groups is 1. The summed E-state index contributed by atoms with van der Waals surface area (Å²) < 4.78 is 12.6. The van der Waals surface area contributed by atoms with Gasteiger partial charge in [-0.15, -0.1) is 0 Å². The maximum atomic E-state index is 12.5. The highest BCUT2D eigenvalue weighted by Crippen LogP contribution is 2.29. The van der Waals surface area contributed by atoms with E-state index in [9.17, 15) is 9.90 Å². The van der Waals surface area contributed by atoms with Gasteiger partial charge in [-0.2, -0.15) is 0 Å². The molecule has 0 fully saturated rings. The van der Waals surface area contributed by atoms with Gasteiger partial charge in [0.25, 0.3) is 0 Å². The lowest BCUT2D eigenvalue weighted by molar-refractivity contribution is 0.0684. The predicted octanol–water partition coefficient (Wildman–Crippen LogP) is 5.35. The lowest BCUT2D eigenvalue weighted by Gasteiger charge is -2.11. The molecule has 0 atom stereocenters. The highest BCUT2D eigenvalue weighted by Gasteiger charge is 2.22. The highest BCUT2D eigenvalue weighted by atomic mass is 16.5. The first-order valence-corrected chi connectivity index (χ1v) is 11.7. The quantitative estimate of drug-likeness (QED) is 0.304. The third-order valence-corrected chi connectivity index (χ3v) is 6.33. The van der Waals surface area contributed by atoms with Gasteiger partial charge in [-0.25, -0.2) is 4.79 Å². The number of benzene rings is 3. The van der Waals surface area contributed by atoms with Gasteiger partial charge >= 0.3 is 5.97 Å². The van der Waals surface area contributed by atoms with E-state index in [1.165, 1.54) is 5.56 Å². The van der Waals surface area contributed by atoms with Gasteiger partial charge in [0, 0.05) is 29.6 Å². The van der Waals surface area contributed by atoms with Gasteiger partial charge in [0.05, 0.1) is 14.2 Å². The number of ether oxygens (including phenoxy) is 2. The highest BCUT2D eigenvalue weighted by molar-refractivity contribution is 5.98. The van der Waals surface area contributed by atoms with Crippen LogP contribution in [-0.2, 0) is 19.5 Å². The van der Waals surface area contributed by atoms with Crippen molar-refractivity contribution in [2.45, 2.75) is 33.4 Å². The lowest BCUT2D eigenvalue weighted by Crippen LogP contribution is -2.19. The minimum absolute atomic E-state index is 0.338. The van der Waals surface area contributed by atoms with Crippen LogP contribution in [0.1, 0.15) is 38.3 Å². The van der Waals surface area contributed by atoms with Gasteiger partial charge in [0.15, 0.2) is 11.5 Å². The minimum Gasteiger partial charge on any atom is -0.493 e. The summed E-state index contributed by atoms with van der Waals surface area (Å²) in [6.07, 6.45) is 0.782. The zero-order valence-corrected chi connectivity index (χ0v) is 20.7. The third-order valence-electron chi connectivity index (χ3n) is 6.33. The number of aromatic nitrogens is 1. The SMILES string of the molecule is COc1ccc(CCNCc2c(C(=O)O)n(Cc3ccc(C)cc3)c3cc(C)ccc23)cc1OC. The Bertz CT molecular complexity index is 1340. The van der Waals surface area contributed by atoms with Crippen LogP contribution in [0.25, 0.3) is 10.9 Å². The second kappa shape index (κ2) is 10.7. The van der Waals surface area contributed by atoms with Crippen molar-refractivity contribution in [3.8, 4) is 11.5 Å². The zero-order chi connectivity index (χ0) is 24.9. The molecule has 6 heteroatoms. The van der Waals surface area contributed by atoms with E-state index in [0.717, 1.165) is 39.6 Å². The van der Waals surface area contributed by atoms with Gasteiger partial charge in [0.2, 0.25) is 0 Å². The summed E-state index contributed by atoms with van der Waals surface area (Å²) in [5.74, 6) is 0.488. The van der Waals surface area contributed by atoms with Crippen molar-refractivity contribution in [1.29, 1.82) is 0 Å². The Morgan fingerprint density at radius 1 is 0.886 bits per heavy atom. The Hall–Kier alpha value is -3.77. The first-order valence-electron chi connectivity index (χ1n) is 11.7. The summed E-state index contributed by atoms with van der Waals surface area (Å²) in [5, 5.41) is 14.6. The molecule has 0 radical (unpaired) electrons. The number of fused-ring (bicyclic) bond motifs is 1. The summed E-state index contributed by atoms with van der Waals surface area (Å²) in [5.41, 5.74) is 6.57. The van der Waals surface area contributed by atoms with Crippen LogP contribution < -0.4 is 14.8 Å². The lowest BCUT2D eigenvalue weighted by atomic mass is 10.1. The minimum atomic E-state index is -0.914. The topological polar surface area (TPSA) is 72.7 Å². The van der Waals surface area contributed by atoms with Crippen LogP contribution in [0.15, 0.2) is 60.7 Å². The van der Waals surface area contributed by atoms with Crippen molar-refractivity contribution in [1.82, 2.24) is 9.88 Å². The number of nitrogens with zero attached hydrogens (tertiary/aromatic N) is 1. The Balaban J connectivity index is 1.59. The van der Waals surface area contributed by atoms with Crippen LogP contribution in [-0.4, -0.2) is 36.4 Å². The molecule has 0 amide bonds. The standard InChI is InChI=1S/C29H32N2O4/c1-19-5-8-22(9-6-19)18-31-25-15-20(2)7-11-23(25)24(28(31)29(32)33)17-30-14-13-21-10-12-26(34-3)27(16-21)35-4/h5-12,15-16,30H,13-14,17-18H2,1-4H3,(H,32,33). The van der Waals surface area contributed by atoms with E-state index in [-0.39, 0.29) is 0 Å². The second-order valence-corrected chi connectivity index (χ2v) is 8.84. The molecule has 2 N–H and O–H groups in total.